The fourth-order valence-corrected chi connectivity index (χ4v) is 4.74. The van der Waals surface area contributed by atoms with Crippen LogP contribution in [0.5, 0.6) is 5.75 Å². The van der Waals surface area contributed by atoms with E-state index in [1.807, 2.05) is 25.3 Å². The second-order valence-electron chi connectivity index (χ2n) is 9.77. The smallest absolute Gasteiger partial charge is 0.410 e. The van der Waals surface area contributed by atoms with Gasteiger partial charge in [0.25, 0.3) is 6.43 Å². The summed E-state index contributed by atoms with van der Waals surface area (Å²) in [5.41, 5.74) is 0.804. The zero-order valence-corrected chi connectivity index (χ0v) is 21.5. The number of aromatic nitrogens is 6. The number of ether oxygens (including phenoxy) is 2. The summed E-state index contributed by atoms with van der Waals surface area (Å²) in [6.07, 6.45) is -0.366. The fourth-order valence-electron chi connectivity index (χ4n) is 4.58. The molecule has 0 spiro atoms. The van der Waals surface area contributed by atoms with E-state index in [9.17, 15) is 13.6 Å². The molecule has 37 heavy (non-hydrogen) atoms. The lowest BCUT2D eigenvalue weighted by Gasteiger charge is -2.33. The first-order valence-corrected chi connectivity index (χ1v) is 12.2. The van der Waals surface area contributed by atoms with Crippen LogP contribution < -0.4 is 4.74 Å². The third-order valence-corrected chi connectivity index (χ3v) is 6.36. The summed E-state index contributed by atoms with van der Waals surface area (Å²) in [7, 11) is 1.45. The van der Waals surface area contributed by atoms with Gasteiger partial charge in [0.15, 0.2) is 22.8 Å². The van der Waals surface area contributed by atoms with Gasteiger partial charge >= 0.3 is 6.09 Å². The van der Waals surface area contributed by atoms with Crippen LogP contribution in [-0.4, -0.2) is 65.9 Å². The predicted octanol–water partition coefficient (Wildman–Crippen LogP) is 5.34. The summed E-state index contributed by atoms with van der Waals surface area (Å²) >= 11 is 6.30. The maximum atomic E-state index is 14.1. The largest absolute Gasteiger partial charge is 0.494 e. The molecule has 196 valence electrons. The predicted molar refractivity (Wildman–Crippen MR) is 133 cm³/mol. The van der Waals surface area contributed by atoms with Gasteiger partial charge in [0, 0.05) is 19.1 Å². The SMILES string of the molecule is COc1cccc2c1nc(C(F)F)n2-c1nc(Cl)nc2c1ncn2C1CCN(C(=O)OC(C)(C)C)CC1. The molecule has 0 unspecified atom stereocenters. The molecule has 4 heterocycles. The van der Waals surface area contributed by atoms with Crippen molar-refractivity contribution in [2.45, 2.75) is 51.7 Å². The van der Waals surface area contributed by atoms with E-state index in [-0.39, 0.29) is 28.8 Å². The van der Waals surface area contributed by atoms with Crippen LogP contribution in [0.1, 0.15) is 51.9 Å². The molecular formula is C24H26ClF2N7O3. The van der Waals surface area contributed by atoms with Crippen LogP contribution >= 0.6 is 11.6 Å². The van der Waals surface area contributed by atoms with Crippen molar-refractivity contribution < 1.29 is 23.0 Å². The highest BCUT2D eigenvalue weighted by Gasteiger charge is 2.30. The molecule has 1 aliphatic rings. The van der Waals surface area contributed by atoms with E-state index in [0.717, 1.165) is 0 Å². The van der Waals surface area contributed by atoms with Crippen molar-refractivity contribution in [1.82, 2.24) is 34.0 Å². The Bertz CT molecular complexity index is 1470. The number of rotatable bonds is 4. The van der Waals surface area contributed by atoms with Crippen molar-refractivity contribution in [3.8, 4) is 11.6 Å². The Labute approximate surface area is 216 Å². The molecule has 1 fully saturated rings. The molecule has 0 saturated carbocycles. The summed E-state index contributed by atoms with van der Waals surface area (Å²) in [4.78, 5) is 31.4. The van der Waals surface area contributed by atoms with Gasteiger partial charge in [-0.05, 0) is 57.3 Å². The minimum Gasteiger partial charge on any atom is -0.494 e. The first-order chi connectivity index (χ1) is 17.6. The van der Waals surface area contributed by atoms with Gasteiger partial charge < -0.3 is 18.9 Å². The Morgan fingerprint density at radius 2 is 1.86 bits per heavy atom. The molecule has 0 aliphatic carbocycles. The number of carbonyl (C=O) groups excluding carboxylic acids is 1. The van der Waals surface area contributed by atoms with Crippen LogP contribution in [-0.2, 0) is 4.74 Å². The Kier molecular flexibility index (Phi) is 6.38. The number of imidazole rings is 2. The zero-order valence-electron chi connectivity index (χ0n) is 20.8. The van der Waals surface area contributed by atoms with Gasteiger partial charge in [0.1, 0.15) is 16.9 Å². The van der Waals surface area contributed by atoms with Gasteiger partial charge in [-0.3, -0.25) is 4.57 Å². The van der Waals surface area contributed by atoms with Crippen molar-refractivity contribution in [2.24, 2.45) is 0 Å². The second kappa shape index (κ2) is 9.40. The second-order valence-corrected chi connectivity index (χ2v) is 10.1. The number of hydrogen-bond acceptors (Lipinski definition) is 7. The number of piperidine rings is 1. The summed E-state index contributed by atoms with van der Waals surface area (Å²) in [6, 6.07) is 4.96. The number of amides is 1. The molecule has 3 aromatic heterocycles. The lowest BCUT2D eigenvalue weighted by Crippen LogP contribution is -2.42. The molecule has 1 aromatic carbocycles. The number of methoxy groups -OCH3 is 1. The van der Waals surface area contributed by atoms with Crippen molar-refractivity contribution >= 4 is 39.9 Å². The Hall–Kier alpha value is -3.54. The van der Waals surface area contributed by atoms with Crippen molar-refractivity contribution in [1.29, 1.82) is 0 Å². The minimum atomic E-state index is -2.89. The molecule has 13 heteroatoms. The molecule has 1 amide bonds. The molecule has 0 N–H and O–H groups in total. The minimum absolute atomic E-state index is 0.0308. The van der Waals surface area contributed by atoms with E-state index in [1.54, 1.807) is 29.4 Å². The fraction of sp³-hybridized carbons (Fsp3) is 0.458. The number of benzene rings is 1. The molecule has 10 nitrogen and oxygen atoms in total. The lowest BCUT2D eigenvalue weighted by molar-refractivity contribution is 0.0189. The van der Waals surface area contributed by atoms with Crippen molar-refractivity contribution in [3.05, 3.63) is 35.6 Å². The van der Waals surface area contributed by atoms with Crippen molar-refractivity contribution in [3.63, 3.8) is 0 Å². The summed E-state index contributed by atoms with van der Waals surface area (Å²) in [5.74, 6) is -0.0430. The van der Waals surface area contributed by atoms with Crippen LogP contribution in [0.2, 0.25) is 5.28 Å². The van der Waals surface area contributed by atoms with Gasteiger partial charge in [0.05, 0.1) is 19.0 Å². The van der Waals surface area contributed by atoms with E-state index < -0.39 is 17.9 Å². The monoisotopic (exact) mass is 533 g/mol. The highest BCUT2D eigenvalue weighted by atomic mass is 35.5. The highest BCUT2D eigenvalue weighted by Crippen LogP contribution is 2.35. The van der Waals surface area contributed by atoms with E-state index in [0.29, 0.717) is 48.4 Å². The molecule has 1 aliphatic heterocycles. The zero-order chi connectivity index (χ0) is 26.5. The molecule has 1 saturated heterocycles. The first kappa shape index (κ1) is 25.1. The quantitative estimate of drug-likeness (QED) is 0.326. The van der Waals surface area contributed by atoms with Crippen LogP contribution in [0.4, 0.5) is 13.6 Å². The van der Waals surface area contributed by atoms with Crippen LogP contribution in [0.25, 0.3) is 28.0 Å². The van der Waals surface area contributed by atoms with Gasteiger partial charge in [-0.25, -0.2) is 23.5 Å². The van der Waals surface area contributed by atoms with Crippen molar-refractivity contribution in [2.75, 3.05) is 20.2 Å². The number of halogens is 3. The Morgan fingerprint density at radius 1 is 1.14 bits per heavy atom. The number of nitrogens with zero attached hydrogens (tertiary/aromatic N) is 7. The van der Waals surface area contributed by atoms with Gasteiger partial charge in [-0.1, -0.05) is 6.07 Å². The van der Waals surface area contributed by atoms with Gasteiger partial charge in [-0.2, -0.15) is 9.97 Å². The molecule has 4 aromatic rings. The number of para-hydroxylation sites is 1. The number of likely N-dealkylation sites (tertiary alicyclic amines) is 1. The summed E-state index contributed by atoms with van der Waals surface area (Å²) < 4.78 is 42.2. The van der Waals surface area contributed by atoms with E-state index in [2.05, 4.69) is 19.9 Å². The highest BCUT2D eigenvalue weighted by molar-refractivity contribution is 6.28. The molecule has 0 bridgehead atoms. The number of carbonyl (C=O) groups is 1. The van der Waals surface area contributed by atoms with E-state index in [1.165, 1.54) is 11.7 Å². The lowest BCUT2D eigenvalue weighted by atomic mass is 10.1. The maximum absolute atomic E-state index is 14.1. The number of fused-ring (bicyclic) bond motifs is 2. The summed E-state index contributed by atoms with van der Waals surface area (Å²) in [6.45, 7) is 6.47. The first-order valence-electron chi connectivity index (χ1n) is 11.8. The van der Waals surface area contributed by atoms with Crippen LogP contribution in [0.15, 0.2) is 24.5 Å². The molecular weight excluding hydrogens is 508 g/mol. The topological polar surface area (TPSA) is 100 Å². The number of hydrogen-bond donors (Lipinski definition) is 0. The molecule has 0 radical (unpaired) electrons. The third kappa shape index (κ3) is 4.65. The van der Waals surface area contributed by atoms with Crippen LogP contribution in [0, 0.1) is 0 Å². The number of alkyl halides is 2. The van der Waals surface area contributed by atoms with Crippen LogP contribution in [0.3, 0.4) is 0 Å². The average Bonchev–Trinajstić information content (AvgIpc) is 3.44. The Balaban J connectivity index is 1.53. The molecule has 5 rings (SSSR count). The Morgan fingerprint density at radius 3 is 2.51 bits per heavy atom. The average molecular weight is 534 g/mol. The summed E-state index contributed by atoms with van der Waals surface area (Å²) in [5, 5.41) is -0.111. The van der Waals surface area contributed by atoms with E-state index >= 15 is 0 Å². The third-order valence-electron chi connectivity index (χ3n) is 6.19. The van der Waals surface area contributed by atoms with E-state index in [4.69, 9.17) is 21.1 Å². The maximum Gasteiger partial charge on any atom is 0.410 e. The standard InChI is InChI=1S/C24H26ClF2N7O3/c1-24(2,3)37-23(35)32-10-8-13(9-11-32)33-12-28-17-19(33)30-22(25)31-20(17)34-14-6-5-7-15(36-4)16(14)29-21(34)18(26)27/h5-7,12-13,18H,8-11H2,1-4H3. The van der Waals surface area contributed by atoms with Gasteiger partial charge in [-0.15, -0.1) is 0 Å². The normalized spacial score (nSPS) is 15.2. The van der Waals surface area contributed by atoms with Gasteiger partial charge in [0.2, 0.25) is 5.28 Å². The molecule has 0 atom stereocenters.